The molecule has 1 aliphatic heterocycles. The van der Waals surface area contributed by atoms with Crippen LogP contribution in [0.2, 0.25) is 0 Å². The van der Waals surface area contributed by atoms with Crippen molar-refractivity contribution in [3.63, 3.8) is 0 Å². The van der Waals surface area contributed by atoms with Gasteiger partial charge in [0.1, 0.15) is 11.8 Å². The van der Waals surface area contributed by atoms with Crippen LogP contribution in [-0.4, -0.2) is 31.5 Å². The SMILES string of the molecule is COc1ccccc1C1(CNC(=O)[C@H]2CCC(=O)N2)CCCC1. The number of hydrogen-bond acceptors (Lipinski definition) is 3. The second-order valence-corrected chi connectivity index (χ2v) is 6.56. The van der Waals surface area contributed by atoms with Crippen molar-refractivity contribution in [2.24, 2.45) is 0 Å². The van der Waals surface area contributed by atoms with Gasteiger partial charge in [0.15, 0.2) is 0 Å². The summed E-state index contributed by atoms with van der Waals surface area (Å²) >= 11 is 0. The van der Waals surface area contributed by atoms with Gasteiger partial charge < -0.3 is 15.4 Å². The van der Waals surface area contributed by atoms with E-state index in [1.165, 1.54) is 5.56 Å². The minimum atomic E-state index is -0.376. The fraction of sp³-hybridized carbons (Fsp3) is 0.556. The quantitative estimate of drug-likeness (QED) is 0.872. The lowest BCUT2D eigenvalue weighted by Gasteiger charge is -2.31. The van der Waals surface area contributed by atoms with Gasteiger partial charge in [-0.3, -0.25) is 9.59 Å². The van der Waals surface area contributed by atoms with Crippen molar-refractivity contribution in [2.75, 3.05) is 13.7 Å². The molecular weight excluding hydrogens is 292 g/mol. The standard InChI is InChI=1S/C18H24N2O3/c1-23-15-7-3-2-6-13(15)18(10-4-5-11-18)12-19-17(22)14-8-9-16(21)20-14/h2-3,6-7,14H,4-5,8-12H2,1H3,(H,19,22)(H,20,21)/t14-/m1/s1. The van der Waals surface area contributed by atoms with Crippen LogP contribution in [0.4, 0.5) is 0 Å². The van der Waals surface area contributed by atoms with Gasteiger partial charge >= 0.3 is 0 Å². The molecule has 1 heterocycles. The average Bonchev–Trinajstić information content (AvgIpc) is 3.22. The van der Waals surface area contributed by atoms with E-state index in [2.05, 4.69) is 16.7 Å². The molecule has 1 aromatic carbocycles. The fourth-order valence-electron chi connectivity index (χ4n) is 3.87. The first-order valence-corrected chi connectivity index (χ1v) is 8.35. The normalized spacial score (nSPS) is 22.7. The maximum atomic E-state index is 12.3. The van der Waals surface area contributed by atoms with Gasteiger partial charge in [0.05, 0.1) is 7.11 Å². The zero-order valence-corrected chi connectivity index (χ0v) is 13.6. The molecule has 5 nitrogen and oxygen atoms in total. The lowest BCUT2D eigenvalue weighted by molar-refractivity contribution is -0.125. The van der Waals surface area contributed by atoms with Gasteiger partial charge in [-0.15, -0.1) is 0 Å². The van der Waals surface area contributed by atoms with Crippen LogP contribution in [0.5, 0.6) is 5.75 Å². The van der Waals surface area contributed by atoms with Gasteiger partial charge in [-0.2, -0.15) is 0 Å². The average molecular weight is 316 g/mol. The van der Waals surface area contributed by atoms with Gasteiger partial charge in [-0.05, 0) is 25.3 Å². The second kappa shape index (κ2) is 6.60. The molecule has 1 aliphatic carbocycles. The third-order valence-corrected chi connectivity index (χ3v) is 5.15. The van der Waals surface area contributed by atoms with E-state index in [1.54, 1.807) is 7.11 Å². The molecule has 2 fully saturated rings. The molecule has 2 N–H and O–H groups in total. The lowest BCUT2D eigenvalue weighted by atomic mass is 9.78. The van der Waals surface area contributed by atoms with Crippen molar-refractivity contribution in [3.8, 4) is 5.75 Å². The summed E-state index contributed by atoms with van der Waals surface area (Å²) in [4.78, 5) is 23.6. The van der Waals surface area contributed by atoms with E-state index >= 15 is 0 Å². The Hall–Kier alpha value is -2.04. The summed E-state index contributed by atoms with van der Waals surface area (Å²) in [6.07, 6.45) is 5.44. The van der Waals surface area contributed by atoms with Crippen LogP contribution >= 0.6 is 0 Å². The summed E-state index contributed by atoms with van der Waals surface area (Å²) in [6.45, 7) is 0.596. The summed E-state index contributed by atoms with van der Waals surface area (Å²) in [5, 5.41) is 5.80. The van der Waals surface area contributed by atoms with Gasteiger partial charge in [-0.1, -0.05) is 31.0 Å². The van der Waals surface area contributed by atoms with Gasteiger partial charge in [-0.25, -0.2) is 0 Å². The van der Waals surface area contributed by atoms with Crippen LogP contribution in [0.3, 0.4) is 0 Å². The first-order valence-electron chi connectivity index (χ1n) is 8.35. The van der Waals surface area contributed by atoms with E-state index in [0.29, 0.717) is 19.4 Å². The van der Waals surface area contributed by atoms with Crippen LogP contribution in [0.25, 0.3) is 0 Å². The molecule has 1 saturated carbocycles. The van der Waals surface area contributed by atoms with Crippen molar-refractivity contribution in [1.82, 2.24) is 10.6 Å². The molecule has 23 heavy (non-hydrogen) atoms. The highest BCUT2D eigenvalue weighted by atomic mass is 16.5. The number of hydrogen-bond donors (Lipinski definition) is 2. The van der Waals surface area contributed by atoms with Crippen LogP contribution in [-0.2, 0) is 15.0 Å². The van der Waals surface area contributed by atoms with E-state index in [9.17, 15) is 9.59 Å². The Kier molecular flexibility index (Phi) is 4.55. The Bertz CT molecular complexity index is 594. The van der Waals surface area contributed by atoms with Gasteiger partial charge in [0.2, 0.25) is 11.8 Å². The van der Waals surface area contributed by atoms with E-state index < -0.39 is 0 Å². The van der Waals surface area contributed by atoms with Crippen molar-refractivity contribution >= 4 is 11.8 Å². The van der Waals surface area contributed by atoms with E-state index in [1.807, 2.05) is 18.2 Å². The molecule has 0 radical (unpaired) electrons. The predicted octanol–water partition coefficient (Wildman–Crippen LogP) is 1.90. The fourth-order valence-corrected chi connectivity index (χ4v) is 3.87. The van der Waals surface area contributed by atoms with Crippen molar-refractivity contribution in [1.29, 1.82) is 0 Å². The number of amides is 2. The molecule has 0 unspecified atom stereocenters. The highest BCUT2D eigenvalue weighted by Crippen LogP contribution is 2.44. The van der Waals surface area contributed by atoms with Crippen molar-refractivity contribution in [2.45, 2.75) is 50.0 Å². The number of carbonyl (C=O) groups excluding carboxylic acids is 2. The Morgan fingerprint density at radius 1 is 1.35 bits per heavy atom. The van der Waals surface area contributed by atoms with Gasteiger partial charge in [0.25, 0.3) is 0 Å². The summed E-state index contributed by atoms with van der Waals surface area (Å²) in [5.41, 5.74) is 1.11. The molecule has 1 atom stereocenters. The minimum Gasteiger partial charge on any atom is -0.496 e. The van der Waals surface area contributed by atoms with Crippen LogP contribution in [0.1, 0.15) is 44.1 Å². The Morgan fingerprint density at radius 3 is 2.74 bits per heavy atom. The summed E-state index contributed by atoms with van der Waals surface area (Å²) in [5.74, 6) is 0.778. The Labute approximate surface area is 136 Å². The first kappa shape index (κ1) is 15.8. The summed E-state index contributed by atoms with van der Waals surface area (Å²) < 4.78 is 5.53. The molecule has 0 spiro atoms. The molecule has 1 aromatic rings. The number of para-hydroxylation sites is 1. The Balaban J connectivity index is 1.74. The highest BCUT2D eigenvalue weighted by molar-refractivity contribution is 5.90. The second-order valence-electron chi connectivity index (χ2n) is 6.56. The zero-order chi connectivity index (χ0) is 16.3. The number of carbonyl (C=O) groups is 2. The molecular formula is C18H24N2O3. The van der Waals surface area contributed by atoms with E-state index in [4.69, 9.17) is 4.74 Å². The maximum absolute atomic E-state index is 12.3. The number of nitrogens with one attached hydrogen (secondary N) is 2. The van der Waals surface area contributed by atoms with Crippen molar-refractivity contribution in [3.05, 3.63) is 29.8 Å². The Morgan fingerprint density at radius 2 is 2.09 bits per heavy atom. The van der Waals surface area contributed by atoms with Crippen LogP contribution < -0.4 is 15.4 Å². The largest absolute Gasteiger partial charge is 0.496 e. The minimum absolute atomic E-state index is 0.0366. The molecule has 1 saturated heterocycles. The number of methoxy groups -OCH3 is 1. The number of rotatable bonds is 5. The zero-order valence-electron chi connectivity index (χ0n) is 13.6. The third kappa shape index (κ3) is 3.19. The smallest absolute Gasteiger partial charge is 0.242 e. The molecule has 0 aromatic heterocycles. The highest BCUT2D eigenvalue weighted by Gasteiger charge is 2.38. The molecule has 124 valence electrons. The molecule has 5 heteroatoms. The van der Waals surface area contributed by atoms with Gasteiger partial charge in [0, 0.05) is 23.9 Å². The molecule has 2 amide bonds. The molecule has 3 rings (SSSR count). The van der Waals surface area contributed by atoms with E-state index in [0.717, 1.165) is 31.4 Å². The summed E-state index contributed by atoms with van der Waals surface area (Å²) in [6, 6.07) is 7.70. The predicted molar refractivity (Wildman–Crippen MR) is 87.3 cm³/mol. The lowest BCUT2D eigenvalue weighted by Crippen LogP contribution is -2.46. The van der Waals surface area contributed by atoms with Crippen LogP contribution in [0, 0.1) is 0 Å². The van der Waals surface area contributed by atoms with Crippen molar-refractivity contribution < 1.29 is 14.3 Å². The van der Waals surface area contributed by atoms with E-state index in [-0.39, 0.29) is 23.3 Å². The first-order chi connectivity index (χ1) is 11.1. The molecule has 0 bridgehead atoms. The third-order valence-electron chi connectivity index (χ3n) is 5.15. The molecule has 2 aliphatic rings. The number of benzene rings is 1. The topological polar surface area (TPSA) is 67.4 Å². The van der Waals surface area contributed by atoms with Crippen LogP contribution in [0.15, 0.2) is 24.3 Å². The number of ether oxygens (including phenoxy) is 1. The monoisotopic (exact) mass is 316 g/mol. The summed E-state index contributed by atoms with van der Waals surface area (Å²) in [7, 11) is 1.69. The maximum Gasteiger partial charge on any atom is 0.242 e.